The summed E-state index contributed by atoms with van der Waals surface area (Å²) in [6.07, 6.45) is 0.425. The van der Waals surface area contributed by atoms with E-state index < -0.39 is 11.5 Å². The largest absolute Gasteiger partial charge is 0.481 e. The van der Waals surface area contributed by atoms with E-state index in [1.165, 1.54) is 7.11 Å². The third-order valence-electron chi connectivity index (χ3n) is 4.19. The van der Waals surface area contributed by atoms with E-state index in [0.717, 1.165) is 17.5 Å². The molecule has 2 unspecified atom stereocenters. The van der Waals surface area contributed by atoms with Crippen LogP contribution in [0.15, 0.2) is 42.5 Å². The van der Waals surface area contributed by atoms with Crippen LogP contribution in [-0.2, 0) is 11.8 Å². The first-order valence-electron chi connectivity index (χ1n) is 6.90. The monoisotopic (exact) mass is 280 g/mol. The summed E-state index contributed by atoms with van der Waals surface area (Å²) in [5.74, 6) is 0.436. The Morgan fingerprint density at radius 2 is 2.10 bits per heavy atom. The van der Waals surface area contributed by atoms with Gasteiger partial charge in [0.15, 0.2) is 0 Å². The predicted octanol–water partition coefficient (Wildman–Crippen LogP) is 2.53. The van der Waals surface area contributed by atoms with Crippen LogP contribution >= 0.6 is 0 Å². The van der Waals surface area contributed by atoms with Gasteiger partial charge in [0, 0.05) is 6.07 Å². The van der Waals surface area contributed by atoms with Gasteiger partial charge in [-0.25, -0.2) is 4.98 Å². The normalized spacial score (nSPS) is 21.4. The molecule has 4 nitrogen and oxygen atoms in total. The van der Waals surface area contributed by atoms with Gasteiger partial charge in [0.05, 0.1) is 18.9 Å². The molecule has 1 aromatic heterocycles. The molecule has 0 saturated carbocycles. The van der Waals surface area contributed by atoms with Crippen molar-refractivity contribution in [2.24, 2.45) is 0 Å². The molecule has 0 bridgehead atoms. The third kappa shape index (κ3) is 2.07. The topological polar surface area (TPSA) is 66.1 Å². The van der Waals surface area contributed by atoms with Crippen molar-refractivity contribution in [2.75, 3.05) is 7.11 Å². The van der Waals surface area contributed by atoms with E-state index in [9.17, 15) is 10.4 Å². The molecule has 1 heterocycles. The summed E-state index contributed by atoms with van der Waals surface area (Å²) >= 11 is 0. The summed E-state index contributed by atoms with van der Waals surface area (Å²) in [5, 5.41) is 20.5. The van der Waals surface area contributed by atoms with E-state index in [0.29, 0.717) is 18.0 Å². The van der Waals surface area contributed by atoms with Crippen LogP contribution in [0.2, 0.25) is 0 Å². The van der Waals surface area contributed by atoms with Crippen LogP contribution in [-0.4, -0.2) is 17.2 Å². The Morgan fingerprint density at radius 1 is 1.29 bits per heavy atom. The number of hydrogen-bond acceptors (Lipinski definition) is 4. The number of ether oxygens (including phenoxy) is 1. The van der Waals surface area contributed by atoms with Crippen LogP contribution in [0.5, 0.6) is 5.88 Å². The molecule has 2 atom stereocenters. The van der Waals surface area contributed by atoms with Gasteiger partial charge in [-0.1, -0.05) is 30.3 Å². The fourth-order valence-corrected chi connectivity index (χ4v) is 3.05. The molecule has 0 aliphatic heterocycles. The molecule has 0 amide bonds. The first kappa shape index (κ1) is 13.6. The third-order valence-corrected chi connectivity index (χ3v) is 4.19. The number of rotatable bonds is 3. The number of hydrogen-bond donors (Lipinski definition) is 1. The van der Waals surface area contributed by atoms with Gasteiger partial charge in [0.25, 0.3) is 0 Å². The maximum Gasteiger partial charge on any atom is 0.213 e. The number of aliphatic hydroxyl groups is 1. The summed E-state index contributed by atoms with van der Waals surface area (Å²) in [6, 6.07) is 15.4. The number of benzene rings is 1. The van der Waals surface area contributed by atoms with E-state index in [1.54, 1.807) is 18.2 Å². The van der Waals surface area contributed by atoms with Gasteiger partial charge in [-0.05, 0) is 30.0 Å². The minimum Gasteiger partial charge on any atom is -0.481 e. The first-order chi connectivity index (χ1) is 10.2. The van der Waals surface area contributed by atoms with Crippen LogP contribution in [0.4, 0.5) is 0 Å². The Kier molecular flexibility index (Phi) is 3.36. The smallest absolute Gasteiger partial charge is 0.213 e. The number of methoxy groups -OCH3 is 1. The van der Waals surface area contributed by atoms with E-state index in [4.69, 9.17) is 4.74 Å². The van der Waals surface area contributed by atoms with Crippen molar-refractivity contribution >= 4 is 0 Å². The lowest BCUT2D eigenvalue weighted by molar-refractivity contribution is 0.106. The van der Waals surface area contributed by atoms with Gasteiger partial charge in [0.1, 0.15) is 11.5 Å². The van der Waals surface area contributed by atoms with Gasteiger partial charge in [-0.2, -0.15) is 5.26 Å². The second kappa shape index (κ2) is 5.19. The second-order valence-electron chi connectivity index (χ2n) is 5.25. The van der Waals surface area contributed by atoms with Crippen molar-refractivity contribution in [1.29, 1.82) is 5.26 Å². The van der Waals surface area contributed by atoms with Gasteiger partial charge in [0.2, 0.25) is 5.88 Å². The van der Waals surface area contributed by atoms with Crippen molar-refractivity contribution in [1.82, 2.24) is 4.98 Å². The Morgan fingerprint density at radius 3 is 2.86 bits per heavy atom. The van der Waals surface area contributed by atoms with Gasteiger partial charge in [-0.15, -0.1) is 0 Å². The Hall–Kier alpha value is -2.38. The fraction of sp³-hybridized carbons (Fsp3) is 0.294. The standard InChI is InChI=1S/C17H16N2O2/c1-21-15-8-4-7-14(19-15)16(20)17(11-18)10-9-12-5-2-3-6-13(12)17/h2-8,16,20H,9-10H2,1H3. The van der Waals surface area contributed by atoms with Crippen molar-refractivity contribution < 1.29 is 9.84 Å². The van der Waals surface area contributed by atoms with E-state index in [2.05, 4.69) is 11.1 Å². The molecule has 0 spiro atoms. The molecule has 21 heavy (non-hydrogen) atoms. The van der Waals surface area contributed by atoms with Crippen LogP contribution in [0.1, 0.15) is 29.3 Å². The van der Waals surface area contributed by atoms with Gasteiger partial charge >= 0.3 is 0 Å². The van der Waals surface area contributed by atoms with Crippen LogP contribution in [0, 0.1) is 11.3 Å². The molecule has 2 aromatic rings. The summed E-state index contributed by atoms with van der Waals surface area (Å²) in [4.78, 5) is 4.28. The van der Waals surface area contributed by atoms with Gasteiger partial charge < -0.3 is 9.84 Å². The van der Waals surface area contributed by atoms with Crippen molar-refractivity contribution in [3.8, 4) is 11.9 Å². The number of pyridine rings is 1. The molecule has 1 aliphatic carbocycles. The molecule has 0 radical (unpaired) electrons. The number of aromatic nitrogens is 1. The van der Waals surface area contributed by atoms with Crippen LogP contribution in [0.3, 0.4) is 0 Å². The lowest BCUT2D eigenvalue weighted by atomic mass is 9.76. The van der Waals surface area contributed by atoms with Crippen molar-refractivity contribution in [3.63, 3.8) is 0 Å². The number of aliphatic hydroxyl groups excluding tert-OH is 1. The summed E-state index contributed by atoms with van der Waals surface area (Å²) in [6.45, 7) is 0. The van der Waals surface area contributed by atoms with E-state index >= 15 is 0 Å². The Labute approximate surface area is 123 Å². The van der Waals surface area contributed by atoms with Crippen molar-refractivity contribution in [3.05, 3.63) is 59.3 Å². The number of fused-ring (bicyclic) bond motifs is 1. The molecule has 1 aromatic carbocycles. The molecule has 3 rings (SSSR count). The molecule has 1 N–H and O–H groups in total. The lowest BCUT2D eigenvalue weighted by Crippen LogP contribution is -2.30. The highest BCUT2D eigenvalue weighted by atomic mass is 16.5. The molecule has 106 valence electrons. The zero-order chi connectivity index (χ0) is 14.9. The number of nitrogens with zero attached hydrogens (tertiary/aromatic N) is 2. The fourth-order valence-electron chi connectivity index (χ4n) is 3.05. The Bertz CT molecular complexity index is 708. The maximum absolute atomic E-state index is 10.8. The Balaban J connectivity index is 2.07. The van der Waals surface area contributed by atoms with Crippen LogP contribution < -0.4 is 4.74 Å². The first-order valence-corrected chi connectivity index (χ1v) is 6.90. The molecule has 0 saturated heterocycles. The SMILES string of the molecule is COc1cccc(C(O)C2(C#N)CCc3ccccc32)n1. The van der Waals surface area contributed by atoms with E-state index in [-0.39, 0.29) is 0 Å². The highest BCUT2D eigenvalue weighted by molar-refractivity contribution is 5.46. The molecule has 4 heteroatoms. The molecular formula is C17H16N2O2. The number of nitriles is 1. The summed E-state index contributed by atoms with van der Waals surface area (Å²) < 4.78 is 5.10. The zero-order valence-corrected chi connectivity index (χ0v) is 11.8. The highest BCUT2D eigenvalue weighted by Crippen LogP contribution is 2.46. The minimum absolute atomic E-state index is 0.436. The quantitative estimate of drug-likeness (QED) is 0.938. The average Bonchev–Trinajstić information content (AvgIpc) is 2.94. The van der Waals surface area contributed by atoms with Crippen LogP contribution in [0.25, 0.3) is 0 Å². The summed E-state index contributed by atoms with van der Waals surface area (Å²) in [5.41, 5.74) is 1.56. The number of aryl methyl sites for hydroxylation is 1. The minimum atomic E-state index is -0.971. The zero-order valence-electron chi connectivity index (χ0n) is 11.8. The van der Waals surface area contributed by atoms with Crippen molar-refractivity contribution in [2.45, 2.75) is 24.4 Å². The second-order valence-corrected chi connectivity index (χ2v) is 5.25. The predicted molar refractivity (Wildman–Crippen MR) is 77.8 cm³/mol. The average molecular weight is 280 g/mol. The van der Waals surface area contributed by atoms with E-state index in [1.807, 2.05) is 24.3 Å². The maximum atomic E-state index is 10.8. The summed E-state index contributed by atoms with van der Waals surface area (Å²) in [7, 11) is 1.53. The molecule has 0 fully saturated rings. The lowest BCUT2D eigenvalue weighted by Gasteiger charge is -2.28. The van der Waals surface area contributed by atoms with Gasteiger partial charge in [-0.3, -0.25) is 0 Å². The molecule has 1 aliphatic rings. The molecular weight excluding hydrogens is 264 g/mol. The highest BCUT2D eigenvalue weighted by Gasteiger charge is 2.46.